The van der Waals surface area contributed by atoms with Gasteiger partial charge in [0.25, 0.3) is 0 Å². The van der Waals surface area contributed by atoms with Crippen molar-refractivity contribution in [2.45, 2.75) is 11.4 Å². The molecule has 0 heterocycles. The van der Waals surface area contributed by atoms with Crippen LogP contribution in [0.2, 0.25) is 0 Å². The molecule has 102 valence electrons. The van der Waals surface area contributed by atoms with Gasteiger partial charge in [-0.05, 0) is 11.6 Å². The van der Waals surface area contributed by atoms with Crippen molar-refractivity contribution in [3.05, 3.63) is 29.8 Å². The van der Waals surface area contributed by atoms with Gasteiger partial charge in [0.05, 0.1) is 10.6 Å². The molecule has 0 fully saturated rings. The van der Waals surface area contributed by atoms with Crippen LogP contribution in [0.1, 0.15) is 5.56 Å². The molecule has 0 spiro atoms. The van der Waals surface area contributed by atoms with E-state index in [-0.39, 0.29) is 18.0 Å². The lowest BCUT2D eigenvalue weighted by Crippen LogP contribution is -2.32. The van der Waals surface area contributed by atoms with Crippen LogP contribution in [-0.4, -0.2) is 29.1 Å². The van der Waals surface area contributed by atoms with Crippen molar-refractivity contribution in [2.75, 3.05) is 12.3 Å². The van der Waals surface area contributed by atoms with Crippen LogP contribution in [0.4, 0.5) is 0 Å². The Morgan fingerprint density at radius 2 is 1.72 bits per heavy atom. The second-order valence-electron chi connectivity index (χ2n) is 3.58. The molecule has 7 nitrogen and oxygen atoms in total. The Balaban J connectivity index is 2.87. The summed E-state index contributed by atoms with van der Waals surface area (Å²) >= 11 is 0. The lowest BCUT2D eigenvalue weighted by molar-refractivity contribution is 0.580. The summed E-state index contributed by atoms with van der Waals surface area (Å²) in [6.45, 7) is -0.202. The predicted molar refractivity (Wildman–Crippen MR) is 67.5 cm³/mol. The Bertz CT molecular complexity index is 610. The third-order valence-corrected chi connectivity index (χ3v) is 4.50. The number of nitrogens with two attached hydrogens (primary N) is 2. The molecule has 18 heavy (non-hydrogen) atoms. The lowest BCUT2D eigenvalue weighted by Gasteiger charge is -2.09. The van der Waals surface area contributed by atoms with Crippen molar-refractivity contribution in [2.24, 2.45) is 10.9 Å². The van der Waals surface area contributed by atoms with Gasteiger partial charge in [-0.25, -0.2) is 26.7 Å². The molecule has 0 aliphatic heterocycles. The number of hydrogen-bond donors (Lipinski definition) is 3. The zero-order valence-electron chi connectivity index (χ0n) is 9.53. The standard InChI is InChI=1S/C9H15N3O4S2/c10-7-8-3-1-2-4-9(8)18(15,16)12-5-6-17(11,13)14/h1-4,12H,5-7,10H2,(H2,11,13,14). The molecule has 0 aliphatic carbocycles. The van der Waals surface area contributed by atoms with Crippen LogP contribution in [-0.2, 0) is 26.6 Å². The largest absolute Gasteiger partial charge is 0.326 e. The molecule has 5 N–H and O–H groups in total. The number of nitrogens with one attached hydrogen (secondary N) is 1. The van der Waals surface area contributed by atoms with E-state index in [1.165, 1.54) is 6.07 Å². The molecule has 9 heteroatoms. The van der Waals surface area contributed by atoms with E-state index in [2.05, 4.69) is 4.72 Å². The number of sulfonamides is 2. The summed E-state index contributed by atoms with van der Waals surface area (Å²) in [5.41, 5.74) is 5.90. The van der Waals surface area contributed by atoms with Crippen LogP contribution in [0, 0.1) is 0 Å². The van der Waals surface area contributed by atoms with E-state index in [1.54, 1.807) is 18.2 Å². The molecule has 1 aromatic carbocycles. The van der Waals surface area contributed by atoms with Gasteiger partial charge >= 0.3 is 0 Å². The average molecular weight is 293 g/mol. The SMILES string of the molecule is NCc1ccccc1S(=O)(=O)NCCS(N)(=O)=O. The van der Waals surface area contributed by atoms with E-state index in [0.29, 0.717) is 5.56 Å². The highest BCUT2D eigenvalue weighted by Gasteiger charge is 2.17. The van der Waals surface area contributed by atoms with Crippen molar-refractivity contribution < 1.29 is 16.8 Å². The molecule has 0 unspecified atom stereocenters. The molecule has 1 aromatic rings. The first-order valence-electron chi connectivity index (χ1n) is 5.04. The summed E-state index contributed by atoms with van der Waals surface area (Å²) in [7, 11) is -7.47. The minimum atomic E-state index is -3.78. The number of benzene rings is 1. The highest BCUT2D eigenvalue weighted by Crippen LogP contribution is 2.14. The fourth-order valence-electron chi connectivity index (χ4n) is 1.33. The second-order valence-corrected chi connectivity index (χ2v) is 7.05. The minimum Gasteiger partial charge on any atom is -0.326 e. The number of hydrogen-bond acceptors (Lipinski definition) is 5. The molecule has 0 saturated heterocycles. The molecule has 0 aromatic heterocycles. The first kappa shape index (κ1) is 15.1. The van der Waals surface area contributed by atoms with Crippen molar-refractivity contribution >= 4 is 20.0 Å². The van der Waals surface area contributed by atoms with Crippen molar-refractivity contribution in [3.63, 3.8) is 0 Å². The van der Waals surface area contributed by atoms with Gasteiger partial charge in [0.1, 0.15) is 0 Å². The van der Waals surface area contributed by atoms with Crippen LogP contribution >= 0.6 is 0 Å². The van der Waals surface area contributed by atoms with Gasteiger partial charge in [-0.2, -0.15) is 0 Å². The third kappa shape index (κ3) is 4.35. The van der Waals surface area contributed by atoms with E-state index in [0.717, 1.165) is 0 Å². The number of primary sulfonamides is 1. The highest BCUT2D eigenvalue weighted by atomic mass is 32.2. The van der Waals surface area contributed by atoms with Crippen molar-refractivity contribution in [1.82, 2.24) is 4.72 Å². The highest BCUT2D eigenvalue weighted by molar-refractivity contribution is 7.90. The second kappa shape index (κ2) is 5.76. The van der Waals surface area contributed by atoms with Crippen LogP contribution in [0.25, 0.3) is 0 Å². The van der Waals surface area contributed by atoms with Gasteiger partial charge in [0.2, 0.25) is 20.0 Å². The van der Waals surface area contributed by atoms with Gasteiger partial charge < -0.3 is 5.73 Å². The molecule has 0 amide bonds. The summed E-state index contributed by atoms with van der Waals surface area (Å²) in [6, 6.07) is 6.23. The predicted octanol–water partition coefficient (Wildman–Crippen LogP) is -1.29. The number of rotatable bonds is 6. The van der Waals surface area contributed by atoms with E-state index in [9.17, 15) is 16.8 Å². The first-order valence-corrected chi connectivity index (χ1v) is 8.24. The molecular formula is C9H15N3O4S2. The van der Waals surface area contributed by atoms with Crippen LogP contribution in [0.3, 0.4) is 0 Å². The molecular weight excluding hydrogens is 278 g/mol. The first-order chi connectivity index (χ1) is 8.26. The van der Waals surface area contributed by atoms with E-state index < -0.39 is 25.8 Å². The van der Waals surface area contributed by atoms with E-state index >= 15 is 0 Å². The smallest absolute Gasteiger partial charge is 0.240 e. The lowest BCUT2D eigenvalue weighted by atomic mass is 10.2. The topological polar surface area (TPSA) is 132 Å². The fraction of sp³-hybridized carbons (Fsp3) is 0.333. The van der Waals surface area contributed by atoms with Crippen molar-refractivity contribution in [3.8, 4) is 0 Å². The Morgan fingerprint density at radius 1 is 1.11 bits per heavy atom. The molecule has 0 radical (unpaired) electrons. The maximum atomic E-state index is 11.9. The van der Waals surface area contributed by atoms with Crippen LogP contribution in [0.5, 0.6) is 0 Å². The zero-order chi connectivity index (χ0) is 13.8. The summed E-state index contributed by atoms with van der Waals surface area (Å²) in [5.74, 6) is -0.461. The van der Waals surface area contributed by atoms with Crippen LogP contribution < -0.4 is 15.6 Å². The molecule has 0 saturated carbocycles. The summed E-state index contributed by atoms with van der Waals surface area (Å²) < 4.78 is 47.4. The summed E-state index contributed by atoms with van der Waals surface area (Å²) in [4.78, 5) is 0.0434. The molecule has 0 atom stereocenters. The van der Waals surface area contributed by atoms with Gasteiger partial charge in [0.15, 0.2) is 0 Å². The van der Waals surface area contributed by atoms with Crippen molar-refractivity contribution in [1.29, 1.82) is 0 Å². The maximum absolute atomic E-state index is 11.9. The third-order valence-electron chi connectivity index (χ3n) is 2.16. The average Bonchev–Trinajstić information content (AvgIpc) is 2.27. The van der Waals surface area contributed by atoms with Gasteiger partial charge in [-0.1, -0.05) is 18.2 Å². The Hall–Kier alpha value is -1.00. The summed E-state index contributed by atoms with van der Waals surface area (Å²) in [5, 5.41) is 4.78. The zero-order valence-corrected chi connectivity index (χ0v) is 11.2. The monoisotopic (exact) mass is 293 g/mol. The fourth-order valence-corrected chi connectivity index (χ4v) is 3.13. The molecule has 1 rings (SSSR count). The Kier molecular flexibility index (Phi) is 4.82. The van der Waals surface area contributed by atoms with Gasteiger partial charge in [-0.3, -0.25) is 0 Å². The quantitative estimate of drug-likeness (QED) is 0.600. The summed E-state index contributed by atoms with van der Waals surface area (Å²) in [6.07, 6.45) is 0. The Morgan fingerprint density at radius 3 is 2.28 bits per heavy atom. The molecule has 0 aliphatic rings. The Labute approximate surface area is 106 Å². The van der Waals surface area contributed by atoms with Gasteiger partial charge in [-0.15, -0.1) is 0 Å². The minimum absolute atomic E-state index is 0.0434. The van der Waals surface area contributed by atoms with Gasteiger partial charge in [0, 0.05) is 13.1 Å². The normalized spacial score (nSPS) is 12.6. The van der Waals surface area contributed by atoms with Crippen LogP contribution in [0.15, 0.2) is 29.2 Å². The molecule has 0 bridgehead atoms. The van der Waals surface area contributed by atoms with E-state index in [4.69, 9.17) is 10.9 Å². The maximum Gasteiger partial charge on any atom is 0.240 e. The van der Waals surface area contributed by atoms with E-state index in [1.807, 2.05) is 0 Å².